The van der Waals surface area contributed by atoms with E-state index in [4.69, 9.17) is 133 Å². The summed E-state index contributed by atoms with van der Waals surface area (Å²) in [5, 5.41) is 38.3. The number of imidazole rings is 3. The van der Waals surface area contributed by atoms with E-state index >= 15 is 0 Å². The molecule has 111 heavy (non-hydrogen) atoms. The third-order valence-corrected chi connectivity index (χ3v) is 16.9. The van der Waals surface area contributed by atoms with Crippen LogP contribution in [0.5, 0.6) is 0 Å². The molecule has 3 aliphatic heterocycles. The Labute approximate surface area is 645 Å². The number of nitrogen functional groups attached to an aromatic ring is 2. The second kappa shape index (κ2) is 35.2. The predicted molar refractivity (Wildman–Crippen MR) is 380 cm³/mol. The number of carboxylic acid groups (broad SMARTS) is 2. The standard InChI is InChI=1S/C31H40ClN5O11.C21H24ClN5O7.C15H14ClN5O8/c1-12-31(11)18(14-44-20(16(3)38)25(40)43-13-2)46-24(21(31)45-17(4)39)36-15-33-19-22(36)34-26(32)35-23(19)37(27(41)47-29(5,6)7)28(42)48-30(8,9)10;1-6-21(5)12(8-32-14(10(3)28)19(30)31-7-2)34-18(15(21)33-11(4)29)27-9-24-13-16(23)25-20(22)26-17(13)27;1-2-15(27)5(3-28-7(12(23)24)13(25)26)29-11(8(15)22)21-4-18-6-9(17)19-14(16)20-10(6)21/h1,15,18,20-21,24H,13-14H2,2-11H3;1,9,12,14-15,18H,7-8H2,2-5H3,(H2,23,25,26);1,4-5,7-8,11,22,27H,3H2,(H,23,24)(H,25,26)(H2,17,19,20)/t18-,20?,21+,24-,31+;12-,14?,15+,18-,21+;5-,8+,11-,15-/m111/s1. The molecule has 2 unspecified atom stereocenters. The molecule has 8 N–H and O–H groups in total. The fraction of sp³-hybridized carbons (Fsp3) is 0.537. The van der Waals surface area contributed by atoms with Crippen molar-refractivity contribution in [3.8, 4) is 37.0 Å². The molecule has 41 nitrogen and oxygen atoms in total. The quantitative estimate of drug-likeness (QED) is 0.0176. The van der Waals surface area contributed by atoms with E-state index in [1.54, 1.807) is 69.2 Å². The summed E-state index contributed by atoms with van der Waals surface area (Å²) >= 11 is 18.1. The minimum atomic E-state index is -2.34. The number of hydrogen-bond acceptors (Lipinski definition) is 35. The van der Waals surface area contributed by atoms with Crippen molar-refractivity contribution in [3.05, 3.63) is 34.8 Å². The van der Waals surface area contributed by atoms with E-state index in [9.17, 15) is 58.2 Å². The smallest absolute Gasteiger partial charge is 0.425 e. The zero-order valence-electron chi connectivity index (χ0n) is 61.8. The van der Waals surface area contributed by atoms with Crippen molar-refractivity contribution in [2.75, 3.05) is 49.4 Å². The van der Waals surface area contributed by atoms with Gasteiger partial charge in [0.25, 0.3) is 6.10 Å². The highest BCUT2D eigenvalue weighted by atomic mass is 35.5. The minimum Gasteiger partial charge on any atom is -0.479 e. The van der Waals surface area contributed by atoms with E-state index < -0.39 is 179 Å². The summed E-state index contributed by atoms with van der Waals surface area (Å²) in [5.41, 5.74) is 5.13. The average molecular weight is 1620 g/mol. The van der Waals surface area contributed by atoms with Crippen LogP contribution in [0.2, 0.25) is 15.9 Å². The van der Waals surface area contributed by atoms with E-state index in [1.165, 1.54) is 60.4 Å². The van der Waals surface area contributed by atoms with Gasteiger partial charge in [0.15, 0.2) is 88.0 Å². The monoisotopic (exact) mass is 1610 g/mol. The fourth-order valence-electron chi connectivity index (χ4n) is 11.2. The third-order valence-electron chi connectivity index (χ3n) is 16.4. The van der Waals surface area contributed by atoms with Gasteiger partial charge in [-0.15, -0.1) is 19.3 Å². The molecular formula is C67H78Cl3N15O26. The number of anilines is 3. The first-order valence-corrected chi connectivity index (χ1v) is 34.2. The Bertz CT molecular complexity index is 4670. The summed E-state index contributed by atoms with van der Waals surface area (Å²) in [6.07, 6.45) is 2.40. The van der Waals surface area contributed by atoms with Gasteiger partial charge in [-0.05, 0) is 118 Å². The van der Waals surface area contributed by atoms with Crippen LogP contribution in [-0.2, 0) is 95.2 Å². The summed E-state index contributed by atoms with van der Waals surface area (Å²) < 4.78 is 70.0. The molecule has 9 heterocycles. The lowest BCUT2D eigenvalue weighted by atomic mass is 9.81. The van der Waals surface area contributed by atoms with Gasteiger partial charge in [0.2, 0.25) is 28.1 Å². The summed E-state index contributed by atoms with van der Waals surface area (Å²) in [6.45, 7) is 19.5. The highest BCUT2D eigenvalue weighted by Crippen LogP contribution is 2.49. The number of ketones is 2. The van der Waals surface area contributed by atoms with Crippen molar-refractivity contribution < 1.29 is 125 Å². The molecule has 2 amide bonds. The van der Waals surface area contributed by atoms with Crippen LogP contribution in [0, 0.1) is 47.9 Å². The Kier molecular flexibility index (Phi) is 27.8. The van der Waals surface area contributed by atoms with Crippen LogP contribution in [0.4, 0.5) is 27.0 Å². The van der Waals surface area contributed by atoms with Gasteiger partial charge in [0.1, 0.15) is 46.7 Å². The number of hydrogen-bond donors (Lipinski definition) is 6. The number of fused-ring (bicyclic) bond motifs is 3. The number of aromatic nitrogens is 12. The highest BCUT2D eigenvalue weighted by molar-refractivity contribution is 6.29. The van der Waals surface area contributed by atoms with Crippen LogP contribution in [0.15, 0.2) is 19.0 Å². The number of halogens is 3. The van der Waals surface area contributed by atoms with E-state index in [0.717, 1.165) is 0 Å². The lowest BCUT2D eigenvalue weighted by molar-refractivity contribution is -0.171. The third kappa shape index (κ3) is 19.4. The maximum Gasteiger partial charge on any atom is 0.425 e. The lowest BCUT2D eigenvalue weighted by Crippen LogP contribution is -2.49. The van der Waals surface area contributed by atoms with Gasteiger partial charge in [0.05, 0.1) is 62.8 Å². The number of terminal acetylenes is 3. The average Bonchev–Trinajstić information content (AvgIpc) is 1.60. The molecule has 3 fully saturated rings. The number of carboxylic acids is 2. The van der Waals surface area contributed by atoms with Crippen LogP contribution in [-0.4, -0.2) is 243 Å². The molecule has 44 heteroatoms. The van der Waals surface area contributed by atoms with Crippen molar-refractivity contribution >= 4 is 145 Å². The summed E-state index contributed by atoms with van der Waals surface area (Å²) in [7, 11) is 0. The SMILES string of the molecule is C#C[C@@]1(C)[C@@H](COC(C(C)=O)C(=O)OCC)O[C@@H](n2cnc3c(N(C(=O)OC(C)(C)C)C(=O)OC(C)(C)C)nc(Cl)nc32)[C@@H]1OC(C)=O.C#C[C@@]1(C)[C@@H](COC(C(C)=O)C(=O)OCC)O[C@@H](n2cnc3c(N)nc(Cl)nc32)[C@@H]1OC(C)=O.C#C[C@@]1(O)[C@@H](COC(C(=O)O)C(=O)O)O[C@@H](n2cnc3c(N)nc(Cl)nc32)[C@@H]1O. The lowest BCUT2D eigenvalue weighted by Gasteiger charge is -2.30. The van der Waals surface area contributed by atoms with Gasteiger partial charge in [-0.3, -0.25) is 32.9 Å². The topological polar surface area (TPSA) is 548 Å². The minimum absolute atomic E-state index is 0.0178. The normalized spacial score (nSPS) is 24.0. The number of aliphatic hydroxyl groups is 2. The van der Waals surface area contributed by atoms with E-state index in [0.29, 0.717) is 4.90 Å². The molecule has 0 bridgehead atoms. The Hall–Kier alpha value is -10.6. The van der Waals surface area contributed by atoms with Crippen LogP contribution < -0.4 is 16.4 Å². The first-order valence-electron chi connectivity index (χ1n) is 33.0. The van der Waals surface area contributed by atoms with Crippen molar-refractivity contribution in [1.29, 1.82) is 0 Å². The van der Waals surface area contributed by atoms with Crippen LogP contribution in [0.3, 0.4) is 0 Å². The number of ether oxygens (including phenoxy) is 12. The molecule has 14 atom stereocenters. The Morgan fingerprint density at radius 2 is 0.901 bits per heavy atom. The summed E-state index contributed by atoms with van der Waals surface area (Å²) in [4.78, 5) is 159. The Morgan fingerprint density at radius 1 is 0.559 bits per heavy atom. The number of nitrogens with two attached hydrogens (primary N) is 2. The number of rotatable bonds is 23. The van der Waals surface area contributed by atoms with Gasteiger partial charge in [-0.2, -0.15) is 34.8 Å². The molecule has 3 saturated heterocycles. The maximum absolute atomic E-state index is 13.4. The van der Waals surface area contributed by atoms with E-state index in [1.807, 2.05) is 5.92 Å². The number of carbonyl (C=O) groups excluding carboxylic acids is 8. The molecule has 598 valence electrons. The second-order valence-electron chi connectivity index (χ2n) is 26.8. The molecule has 0 radical (unpaired) electrons. The molecule has 6 aromatic rings. The number of Topliss-reactive ketones (excluding diaryl/α,β-unsaturated/α-hetero) is 2. The zero-order valence-corrected chi connectivity index (χ0v) is 64.1. The Balaban J connectivity index is 0.000000240. The van der Waals surface area contributed by atoms with Crippen LogP contribution in [0.25, 0.3) is 33.5 Å². The Morgan fingerprint density at radius 3 is 1.24 bits per heavy atom. The molecule has 0 aromatic carbocycles. The molecular weight excluding hydrogens is 1540 g/mol. The predicted octanol–water partition coefficient (Wildman–Crippen LogP) is 3.47. The van der Waals surface area contributed by atoms with Crippen LogP contribution >= 0.6 is 34.8 Å². The van der Waals surface area contributed by atoms with Gasteiger partial charge in [-0.25, -0.2) is 43.7 Å². The number of esters is 4. The van der Waals surface area contributed by atoms with Gasteiger partial charge in [0, 0.05) is 13.8 Å². The second-order valence-corrected chi connectivity index (χ2v) is 27.8. The first kappa shape index (κ1) is 87.6. The number of aliphatic carboxylic acids is 2. The highest BCUT2D eigenvalue weighted by Gasteiger charge is 2.60. The number of aliphatic hydroxyl groups excluding tert-OH is 1. The number of nitrogens with zero attached hydrogens (tertiary/aromatic N) is 13. The van der Waals surface area contributed by atoms with Gasteiger partial charge in [-0.1, -0.05) is 17.8 Å². The van der Waals surface area contributed by atoms with Crippen molar-refractivity contribution in [2.24, 2.45) is 10.8 Å². The largest absolute Gasteiger partial charge is 0.479 e. The molecule has 9 rings (SSSR count). The molecule has 0 saturated carbocycles. The van der Waals surface area contributed by atoms with Gasteiger partial charge >= 0.3 is 48.0 Å². The maximum atomic E-state index is 13.4. The van der Waals surface area contributed by atoms with Crippen LogP contribution in [0.1, 0.15) is 116 Å². The van der Waals surface area contributed by atoms with Crippen molar-refractivity contribution in [1.82, 2.24) is 58.6 Å². The first-order chi connectivity index (χ1) is 51.8. The van der Waals surface area contributed by atoms with Crippen molar-refractivity contribution in [2.45, 2.75) is 187 Å². The molecule has 0 spiro atoms. The summed E-state index contributed by atoms with van der Waals surface area (Å²) in [5.74, 6) is -0.881. The molecule has 3 aliphatic rings. The van der Waals surface area contributed by atoms with E-state index in [-0.39, 0.29) is 81.3 Å². The van der Waals surface area contributed by atoms with Gasteiger partial charge < -0.3 is 88.7 Å². The molecule has 0 aliphatic carbocycles. The number of imide groups is 1. The number of amides is 2. The van der Waals surface area contributed by atoms with E-state index in [2.05, 4.69) is 56.7 Å². The fourth-order valence-corrected chi connectivity index (χ4v) is 11.7. The number of carbonyl (C=O) groups is 10. The zero-order chi connectivity index (χ0) is 83.1. The van der Waals surface area contributed by atoms with Crippen molar-refractivity contribution in [3.63, 3.8) is 0 Å². The summed E-state index contributed by atoms with van der Waals surface area (Å²) in [6, 6.07) is 0. The molecule has 6 aromatic heterocycles.